The number of likely N-dealkylation sites (tertiary alicyclic amines) is 1. The zero-order valence-corrected chi connectivity index (χ0v) is 8.61. The van der Waals surface area contributed by atoms with Gasteiger partial charge in [0.2, 0.25) is 0 Å². The van der Waals surface area contributed by atoms with E-state index in [1.807, 2.05) is 26.8 Å². The van der Waals surface area contributed by atoms with Gasteiger partial charge in [0.15, 0.2) is 0 Å². The number of nitriles is 1. The molecule has 1 rings (SSSR count). The van der Waals surface area contributed by atoms with Crippen molar-refractivity contribution in [2.24, 2.45) is 5.41 Å². The molecule has 0 aromatic rings. The van der Waals surface area contributed by atoms with Gasteiger partial charge in [-0.05, 0) is 11.0 Å². The average Bonchev–Trinajstić information content (AvgIpc) is 1.92. The van der Waals surface area contributed by atoms with Crippen molar-refractivity contribution in [2.75, 3.05) is 6.54 Å². The molecule has 1 amide bonds. The SMILES string of the molecule is CC(C)(C)C1/C(=C\C#N)CN1C(=O)O. The van der Waals surface area contributed by atoms with E-state index in [0.29, 0.717) is 6.54 Å². The molecule has 0 radical (unpaired) electrons. The first-order valence-electron chi connectivity index (χ1n) is 4.46. The van der Waals surface area contributed by atoms with E-state index in [1.165, 1.54) is 11.0 Å². The van der Waals surface area contributed by atoms with Gasteiger partial charge in [0.25, 0.3) is 0 Å². The molecule has 1 aliphatic rings. The number of hydrogen-bond donors (Lipinski definition) is 1. The number of nitrogens with zero attached hydrogens (tertiary/aromatic N) is 2. The molecule has 4 nitrogen and oxygen atoms in total. The summed E-state index contributed by atoms with van der Waals surface area (Å²) < 4.78 is 0. The van der Waals surface area contributed by atoms with E-state index in [-0.39, 0.29) is 11.5 Å². The van der Waals surface area contributed by atoms with Crippen molar-refractivity contribution in [1.82, 2.24) is 4.90 Å². The van der Waals surface area contributed by atoms with Crippen LogP contribution in [0.5, 0.6) is 0 Å². The normalized spacial score (nSPS) is 24.3. The first-order valence-corrected chi connectivity index (χ1v) is 4.46. The van der Waals surface area contributed by atoms with Gasteiger partial charge < -0.3 is 5.11 Å². The monoisotopic (exact) mass is 194 g/mol. The third-order valence-electron chi connectivity index (χ3n) is 2.33. The van der Waals surface area contributed by atoms with Crippen LogP contribution in [-0.4, -0.2) is 28.7 Å². The summed E-state index contributed by atoms with van der Waals surface area (Å²) in [6, 6.07) is 1.80. The molecule has 1 heterocycles. The van der Waals surface area contributed by atoms with Crippen molar-refractivity contribution >= 4 is 6.09 Å². The van der Waals surface area contributed by atoms with Gasteiger partial charge in [-0.2, -0.15) is 5.26 Å². The van der Waals surface area contributed by atoms with Crippen LogP contribution in [0.2, 0.25) is 0 Å². The molecule has 0 aromatic carbocycles. The average molecular weight is 194 g/mol. The summed E-state index contributed by atoms with van der Waals surface area (Å²) in [5.74, 6) is 0. The Balaban J connectivity index is 2.89. The Morgan fingerprint density at radius 2 is 2.29 bits per heavy atom. The van der Waals surface area contributed by atoms with E-state index < -0.39 is 6.09 Å². The molecule has 0 bridgehead atoms. The second kappa shape index (κ2) is 3.33. The maximum Gasteiger partial charge on any atom is 0.408 e. The van der Waals surface area contributed by atoms with E-state index in [1.54, 1.807) is 0 Å². The molecule has 1 atom stereocenters. The predicted molar refractivity (Wildman–Crippen MR) is 51.7 cm³/mol. The van der Waals surface area contributed by atoms with Gasteiger partial charge in [0, 0.05) is 12.6 Å². The number of hydrogen-bond acceptors (Lipinski definition) is 2. The minimum atomic E-state index is -0.917. The van der Waals surface area contributed by atoms with Crippen LogP contribution in [0.1, 0.15) is 20.8 Å². The Hall–Kier alpha value is -1.50. The molecule has 1 saturated heterocycles. The van der Waals surface area contributed by atoms with E-state index in [4.69, 9.17) is 10.4 Å². The van der Waals surface area contributed by atoms with Crippen LogP contribution in [0.15, 0.2) is 11.6 Å². The van der Waals surface area contributed by atoms with Gasteiger partial charge in [0.1, 0.15) is 0 Å². The molecule has 4 heteroatoms. The molecule has 0 spiro atoms. The highest BCUT2D eigenvalue weighted by molar-refractivity contribution is 5.69. The summed E-state index contributed by atoms with van der Waals surface area (Å²) in [6.45, 7) is 6.28. The Kier molecular flexibility index (Phi) is 2.52. The van der Waals surface area contributed by atoms with E-state index >= 15 is 0 Å². The molecule has 1 N–H and O–H groups in total. The minimum Gasteiger partial charge on any atom is -0.465 e. The largest absolute Gasteiger partial charge is 0.465 e. The lowest BCUT2D eigenvalue weighted by Crippen LogP contribution is -2.58. The number of allylic oxidation sites excluding steroid dienone is 1. The zero-order chi connectivity index (χ0) is 10.9. The Morgan fingerprint density at radius 3 is 2.64 bits per heavy atom. The van der Waals surface area contributed by atoms with E-state index in [0.717, 1.165) is 5.57 Å². The molecular weight excluding hydrogens is 180 g/mol. The lowest BCUT2D eigenvalue weighted by atomic mass is 9.76. The quantitative estimate of drug-likeness (QED) is 0.598. The standard InChI is InChI=1S/C10H14N2O2/c1-10(2,3)8-7(4-5-11)6-12(8)9(13)14/h4,8H,6H2,1-3H3,(H,13,14)/b7-4-. The van der Waals surface area contributed by atoms with Crippen molar-refractivity contribution in [2.45, 2.75) is 26.8 Å². The lowest BCUT2D eigenvalue weighted by molar-refractivity contribution is 0.0648. The fourth-order valence-corrected chi connectivity index (χ4v) is 1.87. The zero-order valence-electron chi connectivity index (χ0n) is 8.61. The highest BCUT2D eigenvalue weighted by Crippen LogP contribution is 2.37. The number of carboxylic acid groups (broad SMARTS) is 1. The van der Waals surface area contributed by atoms with Crippen molar-refractivity contribution in [3.63, 3.8) is 0 Å². The third-order valence-corrected chi connectivity index (χ3v) is 2.33. The van der Waals surface area contributed by atoms with Crippen molar-refractivity contribution < 1.29 is 9.90 Å². The molecule has 1 aliphatic heterocycles. The summed E-state index contributed by atoms with van der Waals surface area (Å²) in [5.41, 5.74) is 0.752. The smallest absolute Gasteiger partial charge is 0.408 e. The molecule has 14 heavy (non-hydrogen) atoms. The molecule has 1 fully saturated rings. The summed E-state index contributed by atoms with van der Waals surface area (Å²) >= 11 is 0. The Bertz CT molecular complexity index is 320. The summed E-state index contributed by atoms with van der Waals surface area (Å²) in [7, 11) is 0. The van der Waals surface area contributed by atoms with Gasteiger partial charge in [-0.1, -0.05) is 20.8 Å². The Labute approximate surface area is 83.4 Å². The summed E-state index contributed by atoms with van der Waals surface area (Å²) in [6.07, 6.45) is 0.537. The van der Waals surface area contributed by atoms with Crippen molar-refractivity contribution in [1.29, 1.82) is 5.26 Å². The Morgan fingerprint density at radius 1 is 1.71 bits per heavy atom. The van der Waals surface area contributed by atoms with Crippen molar-refractivity contribution in [3.05, 3.63) is 11.6 Å². The minimum absolute atomic E-state index is 0.153. The van der Waals surface area contributed by atoms with Crippen LogP contribution in [0, 0.1) is 16.7 Å². The summed E-state index contributed by atoms with van der Waals surface area (Å²) in [4.78, 5) is 12.2. The molecule has 0 aromatic heterocycles. The van der Waals surface area contributed by atoms with Gasteiger partial charge in [-0.15, -0.1) is 0 Å². The van der Waals surface area contributed by atoms with Crippen LogP contribution in [0.25, 0.3) is 0 Å². The van der Waals surface area contributed by atoms with Crippen LogP contribution in [0.3, 0.4) is 0 Å². The second-order valence-electron chi connectivity index (χ2n) is 4.53. The highest BCUT2D eigenvalue weighted by atomic mass is 16.4. The van der Waals surface area contributed by atoms with Gasteiger partial charge in [0.05, 0.1) is 12.1 Å². The maximum absolute atomic E-state index is 10.8. The van der Waals surface area contributed by atoms with Crippen LogP contribution in [0.4, 0.5) is 4.79 Å². The first-order chi connectivity index (χ1) is 6.38. The van der Waals surface area contributed by atoms with Gasteiger partial charge in [-0.3, -0.25) is 4.90 Å². The van der Waals surface area contributed by atoms with Gasteiger partial charge in [-0.25, -0.2) is 4.79 Å². The summed E-state index contributed by atoms with van der Waals surface area (Å²) in [5, 5.41) is 17.4. The second-order valence-corrected chi connectivity index (χ2v) is 4.53. The number of amides is 1. The topological polar surface area (TPSA) is 64.3 Å². The number of rotatable bonds is 0. The molecule has 0 saturated carbocycles. The highest BCUT2D eigenvalue weighted by Gasteiger charge is 2.44. The van der Waals surface area contributed by atoms with E-state index in [2.05, 4.69) is 0 Å². The predicted octanol–water partition coefficient (Wildman–Crippen LogP) is 1.84. The van der Waals surface area contributed by atoms with Crippen molar-refractivity contribution in [3.8, 4) is 6.07 Å². The number of carbonyl (C=O) groups is 1. The van der Waals surface area contributed by atoms with Gasteiger partial charge >= 0.3 is 6.09 Å². The third kappa shape index (κ3) is 1.72. The molecule has 1 unspecified atom stereocenters. The van der Waals surface area contributed by atoms with Crippen LogP contribution in [-0.2, 0) is 0 Å². The maximum atomic E-state index is 10.8. The molecule has 76 valence electrons. The fourth-order valence-electron chi connectivity index (χ4n) is 1.87. The lowest BCUT2D eigenvalue weighted by Gasteiger charge is -2.48. The molecule has 0 aliphatic carbocycles. The van der Waals surface area contributed by atoms with E-state index in [9.17, 15) is 4.79 Å². The van der Waals surface area contributed by atoms with Crippen LogP contribution < -0.4 is 0 Å². The fraction of sp³-hybridized carbons (Fsp3) is 0.600. The van der Waals surface area contributed by atoms with Crippen LogP contribution >= 0.6 is 0 Å². The molecular formula is C10H14N2O2. The first kappa shape index (κ1) is 10.6.